The van der Waals surface area contributed by atoms with Crippen LogP contribution in [0.25, 0.3) is 0 Å². The van der Waals surface area contributed by atoms with Crippen molar-refractivity contribution in [2.45, 2.75) is 13.0 Å². The van der Waals surface area contributed by atoms with E-state index in [2.05, 4.69) is 5.32 Å². The predicted molar refractivity (Wildman–Crippen MR) is 61.9 cm³/mol. The second kappa shape index (κ2) is 6.65. The quantitative estimate of drug-likeness (QED) is 0.664. The van der Waals surface area contributed by atoms with Crippen molar-refractivity contribution in [3.05, 3.63) is 0 Å². The molecule has 1 fully saturated rings. The van der Waals surface area contributed by atoms with E-state index in [9.17, 15) is 8.42 Å². The Morgan fingerprint density at radius 3 is 2.47 bits per heavy atom. The summed E-state index contributed by atoms with van der Waals surface area (Å²) in [5.41, 5.74) is 0. The highest BCUT2D eigenvalue weighted by molar-refractivity contribution is 7.89. The molecule has 5 nitrogen and oxygen atoms in total. The molecule has 0 aromatic rings. The second-order valence-corrected chi connectivity index (χ2v) is 5.49. The minimum atomic E-state index is -3.12. The lowest BCUT2D eigenvalue weighted by Crippen LogP contribution is -2.57. The van der Waals surface area contributed by atoms with Crippen LogP contribution in [-0.2, 0) is 14.8 Å². The van der Waals surface area contributed by atoms with Gasteiger partial charge in [-0.25, -0.2) is 8.42 Å². The summed E-state index contributed by atoms with van der Waals surface area (Å²) in [6, 6.07) is 0.127. The van der Waals surface area contributed by atoms with Crippen LogP contribution in [0.2, 0.25) is 0 Å². The van der Waals surface area contributed by atoms with Gasteiger partial charge in [0.1, 0.15) is 0 Å². The lowest BCUT2D eigenvalue weighted by molar-refractivity contribution is 0.161. The fraction of sp³-hybridized carbons (Fsp3) is 1.00. The van der Waals surface area contributed by atoms with Gasteiger partial charge < -0.3 is 10.1 Å². The molecule has 1 N–H and O–H groups in total. The second-order valence-electron chi connectivity index (χ2n) is 3.34. The number of rotatable bonds is 6. The largest absolute Gasteiger partial charge is 0.381 e. The Labute approximate surface area is 97.6 Å². The van der Waals surface area contributed by atoms with Gasteiger partial charge in [0.2, 0.25) is 10.0 Å². The summed E-state index contributed by atoms with van der Waals surface area (Å²) in [6.07, 6.45) is 0. The molecule has 1 saturated heterocycles. The first-order valence-electron chi connectivity index (χ1n) is 4.82. The summed E-state index contributed by atoms with van der Waals surface area (Å²) in [5.74, 6) is 0.0772. The maximum Gasteiger partial charge on any atom is 0.216 e. The van der Waals surface area contributed by atoms with Crippen LogP contribution in [-0.4, -0.2) is 57.9 Å². The average Bonchev–Trinajstić information content (AvgIpc) is 2.01. The molecule has 15 heavy (non-hydrogen) atoms. The van der Waals surface area contributed by atoms with Gasteiger partial charge in [0.25, 0.3) is 0 Å². The van der Waals surface area contributed by atoms with Crippen LogP contribution in [0.5, 0.6) is 0 Å². The highest BCUT2D eigenvalue weighted by Gasteiger charge is 2.29. The molecule has 1 heterocycles. The van der Waals surface area contributed by atoms with Crippen molar-refractivity contribution in [2.75, 3.05) is 39.1 Å². The van der Waals surface area contributed by atoms with Gasteiger partial charge in [0.05, 0.1) is 12.4 Å². The van der Waals surface area contributed by atoms with Crippen molar-refractivity contribution in [2.24, 2.45) is 0 Å². The summed E-state index contributed by atoms with van der Waals surface area (Å²) in [4.78, 5) is 0. The molecule has 1 aliphatic heterocycles. The van der Waals surface area contributed by atoms with Crippen molar-refractivity contribution in [1.29, 1.82) is 0 Å². The number of nitrogens with one attached hydrogen (secondary N) is 1. The molecule has 0 unspecified atom stereocenters. The molecule has 0 bridgehead atoms. The van der Waals surface area contributed by atoms with Gasteiger partial charge in [-0.3, -0.25) is 0 Å². The summed E-state index contributed by atoms with van der Waals surface area (Å²) in [5, 5.41) is 3.04. The molecule has 7 heteroatoms. The molecule has 0 atom stereocenters. The molecule has 0 radical (unpaired) electrons. The molecule has 0 aromatic carbocycles. The molecule has 0 saturated carbocycles. The van der Waals surface area contributed by atoms with Crippen molar-refractivity contribution in [3.8, 4) is 0 Å². The Morgan fingerprint density at radius 2 is 2.07 bits per heavy atom. The normalized spacial score (nSPS) is 17.3. The third kappa shape index (κ3) is 4.24. The average molecular weight is 259 g/mol. The number of ether oxygens (including phenoxy) is 1. The van der Waals surface area contributed by atoms with Gasteiger partial charge in [0.15, 0.2) is 0 Å². The van der Waals surface area contributed by atoms with Crippen LogP contribution in [0, 0.1) is 0 Å². The van der Waals surface area contributed by atoms with Gasteiger partial charge in [-0.15, -0.1) is 12.4 Å². The fourth-order valence-electron chi connectivity index (χ4n) is 1.21. The first-order valence-corrected chi connectivity index (χ1v) is 6.43. The zero-order chi connectivity index (χ0) is 10.6. The van der Waals surface area contributed by atoms with Crippen LogP contribution >= 0.6 is 12.4 Å². The predicted octanol–water partition coefficient (Wildman–Crippen LogP) is -0.322. The van der Waals surface area contributed by atoms with Crippen molar-refractivity contribution < 1.29 is 13.2 Å². The van der Waals surface area contributed by atoms with E-state index in [1.807, 2.05) is 6.92 Å². The number of likely N-dealkylation sites (N-methyl/N-ethyl adjacent to an activating group) is 1. The van der Waals surface area contributed by atoms with Gasteiger partial charge in [-0.1, -0.05) is 0 Å². The van der Waals surface area contributed by atoms with Crippen LogP contribution in [0.3, 0.4) is 0 Å². The summed E-state index contributed by atoms with van der Waals surface area (Å²) >= 11 is 0. The standard InChI is InChI=1S/C8H18N2O3S.ClH/c1-3-13-4-5-14(11,12)10(2)8-6-9-7-8;/h8-9H,3-7H2,1-2H3;1H. The topological polar surface area (TPSA) is 58.6 Å². The van der Waals surface area contributed by atoms with E-state index in [0.29, 0.717) is 6.61 Å². The number of hydrogen-bond acceptors (Lipinski definition) is 4. The van der Waals surface area contributed by atoms with E-state index in [1.54, 1.807) is 7.05 Å². The summed E-state index contributed by atoms with van der Waals surface area (Å²) < 4.78 is 29.8. The van der Waals surface area contributed by atoms with E-state index < -0.39 is 10.0 Å². The molecule has 0 amide bonds. The summed E-state index contributed by atoms with van der Waals surface area (Å²) in [7, 11) is -1.49. The Bertz CT molecular complexity index is 267. The van der Waals surface area contributed by atoms with Crippen LogP contribution < -0.4 is 5.32 Å². The van der Waals surface area contributed by atoms with E-state index in [-0.39, 0.29) is 30.8 Å². The van der Waals surface area contributed by atoms with Crippen LogP contribution in [0.1, 0.15) is 6.92 Å². The van der Waals surface area contributed by atoms with Crippen molar-refractivity contribution >= 4 is 22.4 Å². The molecule has 0 aromatic heterocycles. The molecule has 1 rings (SSSR count). The van der Waals surface area contributed by atoms with Gasteiger partial charge in [-0.05, 0) is 6.92 Å². The molecule has 0 spiro atoms. The number of nitrogens with zero attached hydrogens (tertiary/aromatic N) is 1. The number of halogens is 1. The minimum Gasteiger partial charge on any atom is -0.381 e. The Kier molecular flexibility index (Phi) is 6.70. The molecular weight excluding hydrogens is 240 g/mol. The van der Waals surface area contributed by atoms with Crippen molar-refractivity contribution in [1.82, 2.24) is 9.62 Å². The first-order chi connectivity index (χ1) is 6.58. The highest BCUT2D eigenvalue weighted by atomic mass is 35.5. The minimum absolute atomic E-state index is 0. The smallest absolute Gasteiger partial charge is 0.216 e. The Morgan fingerprint density at radius 1 is 1.47 bits per heavy atom. The van der Waals surface area contributed by atoms with Crippen LogP contribution in [0.15, 0.2) is 0 Å². The molecular formula is C8H19ClN2O3S. The zero-order valence-electron chi connectivity index (χ0n) is 9.10. The van der Waals surface area contributed by atoms with E-state index in [4.69, 9.17) is 4.74 Å². The Balaban J connectivity index is 0.00000196. The lowest BCUT2D eigenvalue weighted by atomic mass is 10.2. The highest BCUT2D eigenvalue weighted by Crippen LogP contribution is 2.08. The monoisotopic (exact) mass is 258 g/mol. The van der Waals surface area contributed by atoms with Crippen LogP contribution in [0.4, 0.5) is 0 Å². The van der Waals surface area contributed by atoms with E-state index >= 15 is 0 Å². The van der Waals surface area contributed by atoms with Gasteiger partial charge in [-0.2, -0.15) is 4.31 Å². The molecule has 92 valence electrons. The Hall–Kier alpha value is 0.120. The first kappa shape index (κ1) is 15.1. The zero-order valence-corrected chi connectivity index (χ0v) is 10.7. The fourth-order valence-corrected chi connectivity index (χ4v) is 2.43. The lowest BCUT2D eigenvalue weighted by Gasteiger charge is -2.34. The van der Waals surface area contributed by atoms with Gasteiger partial charge in [0, 0.05) is 32.8 Å². The third-order valence-electron chi connectivity index (χ3n) is 2.40. The molecule has 0 aliphatic carbocycles. The summed E-state index contributed by atoms with van der Waals surface area (Å²) in [6.45, 7) is 4.20. The molecule has 1 aliphatic rings. The van der Waals surface area contributed by atoms with E-state index in [1.165, 1.54) is 4.31 Å². The maximum atomic E-state index is 11.7. The number of sulfonamides is 1. The van der Waals surface area contributed by atoms with Crippen molar-refractivity contribution in [3.63, 3.8) is 0 Å². The third-order valence-corrected chi connectivity index (χ3v) is 4.26. The SMILES string of the molecule is CCOCCS(=O)(=O)N(C)C1CNC1.Cl. The maximum absolute atomic E-state index is 11.7. The van der Waals surface area contributed by atoms with Gasteiger partial charge >= 0.3 is 0 Å². The number of hydrogen-bond donors (Lipinski definition) is 1. The van der Waals surface area contributed by atoms with E-state index in [0.717, 1.165) is 13.1 Å².